The maximum Gasteiger partial charge on any atom is 0.238 e. The first kappa shape index (κ1) is 15.0. The summed E-state index contributed by atoms with van der Waals surface area (Å²) < 4.78 is 0. The van der Waals surface area contributed by atoms with Crippen LogP contribution in [0, 0.1) is 19.8 Å². The van der Waals surface area contributed by atoms with E-state index in [4.69, 9.17) is 5.73 Å². The number of benzene rings is 1. The topological polar surface area (TPSA) is 58.4 Å². The Morgan fingerprint density at radius 1 is 1.40 bits per heavy atom. The Morgan fingerprint density at radius 2 is 2.15 bits per heavy atom. The molecule has 1 heterocycles. The van der Waals surface area contributed by atoms with Gasteiger partial charge in [0.2, 0.25) is 5.91 Å². The molecule has 110 valence electrons. The summed E-state index contributed by atoms with van der Waals surface area (Å²) in [4.78, 5) is 14.3. The van der Waals surface area contributed by atoms with Crippen molar-refractivity contribution in [2.45, 2.75) is 33.2 Å². The Balaban J connectivity index is 1.91. The van der Waals surface area contributed by atoms with Gasteiger partial charge < -0.3 is 11.1 Å². The number of likely N-dealkylation sites (tertiary alicyclic amines) is 1. The second kappa shape index (κ2) is 6.37. The molecule has 2 atom stereocenters. The average molecular weight is 275 g/mol. The van der Waals surface area contributed by atoms with Gasteiger partial charge >= 0.3 is 0 Å². The van der Waals surface area contributed by atoms with Crippen molar-refractivity contribution in [1.82, 2.24) is 4.90 Å². The molecule has 4 nitrogen and oxygen atoms in total. The van der Waals surface area contributed by atoms with E-state index in [9.17, 15) is 4.79 Å². The second-order valence-electron chi connectivity index (χ2n) is 5.96. The zero-order valence-corrected chi connectivity index (χ0v) is 12.6. The Labute approximate surface area is 121 Å². The highest BCUT2D eigenvalue weighted by atomic mass is 16.2. The summed E-state index contributed by atoms with van der Waals surface area (Å²) in [7, 11) is 0. The lowest BCUT2D eigenvalue weighted by Gasteiger charge is -2.20. The van der Waals surface area contributed by atoms with Gasteiger partial charge in [-0.3, -0.25) is 9.69 Å². The van der Waals surface area contributed by atoms with Gasteiger partial charge in [0.05, 0.1) is 6.54 Å². The highest BCUT2D eigenvalue weighted by Gasteiger charge is 2.29. The number of nitrogens with one attached hydrogen (secondary N) is 1. The molecule has 0 saturated carbocycles. The molecule has 3 N–H and O–H groups in total. The van der Waals surface area contributed by atoms with E-state index in [1.165, 1.54) is 11.1 Å². The smallest absolute Gasteiger partial charge is 0.238 e. The number of hydrogen-bond acceptors (Lipinski definition) is 3. The van der Waals surface area contributed by atoms with Crippen molar-refractivity contribution in [2.75, 3.05) is 25.0 Å². The number of aryl methyl sites for hydroxylation is 2. The van der Waals surface area contributed by atoms with Crippen LogP contribution in [0.25, 0.3) is 0 Å². The molecule has 0 bridgehead atoms. The number of rotatable bonds is 4. The van der Waals surface area contributed by atoms with Gasteiger partial charge in [-0.15, -0.1) is 0 Å². The second-order valence-corrected chi connectivity index (χ2v) is 5.96. The molecule has 0 radical (unpaired) electrons. The van der Waals surface area contributed by atoms with Crippen LogP contribution < -0.4 is 11.1 Å². The molecular weight excluding hydrogens is 250 g/mol. The van der Waals surface area contributed by atoms with Gasteiger partial charge in [-0.25, -0.2) is 0 Å². The Morgan fingerprint density at radius 3 is 2.75 bits per heavy atom. The van der Waals surface area contributed by atoms with E-state index >= 15 is 0 Å². The number of carbonyl (C=O) groups is 1. The van der Waals surface area contributed by atoms with Gasteiger partial charge in [-0.1, -0.05) is 6.07 Å². The highest BCUT2D eigenvalue weighted by Crippen LogP contribution is 2.22. The minimum atomic E-state index is 0.0535. The molecule has 1 aromatic rings. The van der Waals surface area contributed by atoms with Crippen LogP contribution in [-0.4, -0.2) is 36.5 Å². The van der Waals surface area contributed by atoms with Crippen molar-refractivity contribution in [3.05, 3.63) is 29.3 Å². The third-order valence-corrected chi connectivity index (χ3v) is 4.26. The van der Waals surface area contributed by atoms with Gasteiger partial charge in [-0.2, -0.15) is 0 Å². The van der Waals surface area contributed by atoms with Crippen molar-refractivity contribution in [3.8, 4) is 0 Å². The van der Waals surface area contributed by atoms with Crippen LogP contribution in [0.5, 0.6) is 0 Å². The van der Waals surface area contributed by atoms with E-state index < -0.39 is 0 Å². The summed E-state index contributed by atoms with van der Waals surface area (Å²) in [5.74, 6) is 0.581. The molecule has 1 saturated heterocycles. The van der Waals surface area contributed by atoms with E-state index in [-0.39, 0.29) is 5.91 Å². The summed E-state index contributed by atoms with van der Waals surface area (Å²) in [5, 5.41) is 2.98. The van der Waals surface area contributed by atoms with Crippen LogP contribution in [0.3, 0.4) is 0 Å². The lowest BCUT2D eigenvalue weighted by Crippen LogP contribution is -2.36. The van der Waals surface area contributed by atoms with Crippen molar-refractivity contribution in [2.24, 2.45) is 11.7 Å². The molecule has 0 aromatic heterocycles. The molecule has 2 unspecified atom stereocenters. The van der Waals surface area contributed by atoms with Crippen LogP contribution in [-0.2, 0) is 4.79 Å². The quantitative estimate of drug-likeness (QED) is 0.882. The molecule has 20 heavy (non-hydrogen) atoms. The molecule has 1 aliphatic rings. The molecule has 1 aliphatic heterocycles. The van der Waals surface area contributed by atoms with Crippen LogP contribution in [0.1, 0.15) is 24.5 Å². The summed E-state index contributed by atoms with van der Waals surface area (Å²) in [5.41, 5.74) is 9.02. The minimum absolute atomic E-state index is 0.0535. The lowest BCUT2D eigenvalue weighted by atomic mass is 10.1. The fourth-order valence-electron chi connectivity index (χ4n) is 2.81. The number of nitrogens with zero attached hydrogens (tertiary/aromatic N) is 1. The molecular formula is C16H25N3O. The standard InChI is InChI=1S/C16H25N3O/c1-11-4-5-15(6-12(11)2)18-16(20)10-19-9-14(8-17)7-13(19)3/h4-6,13-14H,7-10,17H2,1-3H3,(H,18,20). The number of carbonyl (C=O) groups excluding carboxylic acids is 1. The zero-order chi connectivity index (χ0) is 14.7. The summed E-state index contributed by atoms with van der Waals surface area (Å²) in [6.07, 6.45) is 1.09. The third kappa shape index (κ3) is 3.58. The molecule has 4 heteroatoms. The monoisotopic (exact) mass is 275 g/mol. The minimum Gasteiger partial charge on any atom is -0.330 e. The first-order valence-corrected chi connectivity index (χ1v) is 7.30. The van der Waals surface area contributed by atoms with E-state index in [0.29, 0.717) is 25.0 Å². The van der Waals surface area contributed by atoms with Crippen molar-refractivity contribution in [3.63, 3.8) is 0 Å². The van der Waals surface area contributed by atoms with Gasteiger partial charge in [-0.05, 0) is 62.9 Å². The van der Waals surface area contributed by atoms with Gasteiger partial charge in [0.15, 0.2) is 0 Å². The normalized spacial score (nSPS) is 23.0. The van der Waals surface area contributed by atoms with Gasteiger partial charge in [0, 0.05) is 18.3 Å². The number of nitrogens with two attached hydrogens (primary N) is 1. The van der Waals surface area contributed by atoms with Crippen LogP contribution >= 0.6 is 0 Å². The Hall–Kier alpha value is -1.39. The average Bonchev–Trinajstić information content (AvgIpc) is 2.74. The lowest BCUT2D eigenvalue weighted by molar-refractivity contribution is -0.117. The summed E-state index contributed by atoms with van der Waals surface area (Å²) in [6, 6.07) is 6.45. The summed E-state index contributed by atoms with van der Waals surface area (Å²) >= 11 is 0. The predicted molar refractivity (Wildman–Crippen MR) is 82.7 cm³/mol. The van der Waals surface area contributed by atoms with Gasteiger partial charge in [0.25, 0.3) is 0 Å². The SMILES string of the molecule is Cc1ccc(NC(=O)CN2CC(CN)CC2C)cc1C. The molecule has 2 rings (SSSR count). The highest BCUT2D eigenvalue weighted by molar-refractivity contribution is 5.92. The Kier molecular flexibility index (Phi) is 4.78. The number of hydrogen-bond donors (Lipinski definition) is 2. The van der Waals surface area contributed by atoms with E-state index in [1.807, 2.05) is 18.2 Å². The molecule has 0 spiro atoms. The van der Waals surface area contributed by atoms with Crippen molar-refractivity contribution >= 4 is 11.6 Å². The largest absolute Gasteiger partial charge is 0.330 e. The van der Waals surface area contributed by atoms with Crippen LogP contribution in [0.4, 0.5) is 5.69 Å². The van der Waals surface area contributed by atoms with Crippen LogP contribution in [0.2, 0.25) is 0 Å². The van der Waals surface area contributed by atoms with E-state index in [2.05, 4.69) is 31.0 Å². The van der Waals surface area contributed by atoms with Gasteiger partial charge in [0.1, 0.15) is 0 Å². The van der Waals surface area contributed by atoms with Crippen molar-refractivity contribution in [1.29, 1.82) is 0 Å². The fraction of sp³-hybridized carbons (Fsp3) is 0.562. The maximum atomic E-state index is 12.1. The van der Waals surface area contributed by atoms with Crippen molar-refractivity contribution < 1.29 is 4.79 Å². The first-order valence-electron chi connectivity index (χ1n) is 7.30. The van der Waals surface area contributed by atoms with Crippen LogP contribution in [0.15, 0.2) is 18.2 Å². The molecule has 1 fully saturated rings. The fourth-order valence-corrected chi connectivity index (χ4v) is 2.81. The number of amides is 1. The third-order valence-electron chi connectivity index (χ3n) is 4.26. The Bertz CT molecular complexity index is 487. The molecule has 1 amide bonds. The predicted octanol–water partition coefficient (Wildman–Crippen LogP) is 1.91. The molecule has 1 aromatic carbocycles. The zero-order valence-electron chi connectivity index (χ0n) is 12.6. The first-order chi connectivity index (χ1) is 9.49. The summed E-state index contributed by atoms with van der Waals surface area (Å²) in [6.45, 7) is 8.38. The maximum absolute atomic E-state index is 12.1. The van der Waals surface area contributed by atoms with E-state index in [1.54, 1.807) is 0 Å². The van der Waals surface area contributed by atoms with E-state index in [0.717, 1.165) is 18.7 Å². The number of anilines is 1. The molecule has 0 aliphatic carbocycles.